The highest BCUT2D eigenvalue weighted by atomic mass is 35.5. The molecule has 0 amide bonds. The van der Waals surface area contributed by atoms with Crippen LogP contribution in [0.2, 0.25) is 5.02 Å². The third-order valence-corrected chi connectivity index (χ3v) is 3.92. The largest absolute Gasteiger partial charge is 0.479 e. The summed E-state index contributed by atoms with van der Waals surface area (Å²) >= 11 is 6.07. The van der Waals surface area contributed by atoms with E-state index in [1.54, 1.807) is 25.1 Å². The number of aryl methyl sites for hydroxylation is 1. The number of rotatable bonds is 4. The lowest BCUT2D eigenvalue weighted by atomic mass is 10.1. The summed E-state index contributed by atoms with van der Waals surface area (Å²) in [5.74, 6) is -1.14. The predicted octanol–water partition coefficient (Wildman–Crippen LogP) is 3.87. The first-order valence-electron chi connectivity index (χ1n) is 7.08. The minimum atomic E-state index is -1.24. The molecule has 0 radical (unpaired) electrons. The first-order chi connectivity index (χ1) is 11.4. The van der Waals surface area contributed by atoms with Gasteiger partial charge in [0.2, 0.25) is 16.9 Å². The number of halogens is 1. The molecule has 2 heterocycles. The average molecular weight is 349 g/mol. The van der Waals surface area contributed by atoms with E-state index in [1.807, 2.05) is 0 Å². The summed E-state index contributed by atoms with van der Waals surface area (Å²) in [6.45, 7) is 3.10. The fourth-order valence-corrected chi connectivity index (χ4v) is 2.37. The van der Waals surface area contributed by atoms with E-state index < -0.39 is 17.5 Å². The van der Waals surface area contributed by atoms with Crippen molar-refractivity contribution in [3.63, 3.8) is 0 Å². The van der Waals surface area contributed by atoms with E-state index >= 15 is 0 Å². The second kappa shape index (κ2) is 6.05. The Bertz CT molecular complexity index is 971. The molecule has 2 aromatic heterocycles. The maximum atomic E-state index is 12.8. The van der Waals surface area contributed by atoms with Gasteiger partial charge in [0.15, 0.2) is 11.9 Å². The molecule has 0 aliphatic carbocycles. The Balaban J connectivity index is 2.31. The molecule has 1 aromatic carbocycles. The first-order valence-corrected chi connectivity index (χ1v) is 7.46. The van der Waals surface area contributed by atoms with Gasteiger partial charge in [0.05, 0.1) is 11.6 Å². The second-order valence-corrected chi connectivity index (χ2v) is 5.67. The summed E-state index contributed by atoms with van der Waals surface area (Å²) in [7, 11) is 0. The van der Waals surface area contributed by atoms with Gasteiger partial charge in [-0.3, -0.25) is 4.79 Å². The molecule has 0 saturated carbocycles. The number of fused-ring (bicyclic) bond motifs is 1. The van der Waals surface area contributed by atoms with E-state index in [9.17, 15) is 9.59 Å². The summed E-state index contributed by atoms with van der Waals surface area (Å²) < 4.78 is 16.4. The zero-order chi connectivity index (χ0) is 17.4. The minimum absolute atomic E-state index is 0.0346. The molecule has 1 unspecified atom stereocenters. The molecule has 0 aliphatic rings. The lowest BCUT2D eigenvalue weighted by Crippen LogP contribution is -2.26. The normalized spacial score (nSPS) is 12.3. The highest BCUT2D eigenvalue weighted by Gasteiger charge is 2.24. The van der Waals surface area contributed by atoms with E-state index in [2.05, 4.69) is 0 Å². The van der Waals surface area contributed by atoms with Crippen molar-refractivity contribution < 1.29 is 23.5 Å². The van der Waals surface area contributed by atoms with Crippen molar-refractivity contribution >= 4 is 28.5 Å². The minimum Gasteiger partial charge on any atom is -0.479 e. The third kappa shape index (κ3) is 2.76. The molecule has 124 valence electrons. The lowest BCUT2D eigenvalue weighted by Gasteiger charge is -2.13. The van der Waals surface area contributed by atoms with Crippen LogP contribution in [-0.2, 0) is 4.79 Å². The van der Waals surface area contributed by atoms with Gasteiger partial charge in [0.25, 0.3) is 0 Å². The fourth-order valence-electron chi connectivity index (χ4n) is 2.20. The molecule has 1 N–H and O–H groups in total. The SMILES string of the molecule is Cc1cc2oc(-c3ccco3)c(OC(C)C(=O)O)c(=O)c2cc1Cl. The number of furan rings is 1. The predicted molar refractivity (Wildman–Crippen MR) is 87.7 cm³/mol. The molecule has 6 nitrogen and oxygen atoms in total. The van der Waals surface area contributed by atoms with Crippen LogP contribution in [0.4, 0.5) is 0 Å². The molecule has 0 fully saturated rings. The van der Waals surface area contributed by atoms with Crippen LogP contribution in [0, 0.1) is 6.92 Å². The molecule has 24 heavy (non-hydrogen) atoms. The Morgan fingerprint density at radius 1 is 1.38 bits per heavy atom. The van der Waals surface area contributed by atoms with Gasteiger partial charge in [0.1, 0.15) is 5.58 Å². The van der Waals surface area contributed by atoms with Crippen molar-refractivity contribution in [2.75, 3.05) is 0 Å². The Hall–Kier alpha value is -2.73. The Morgan fingerprint density at radius 2 is 2.12 bits per heavy atom. The van der Waals surface area contributed by atoms with Gasteiger partial charge in [-0.05, 0) is 43.7 Å². The van der Waals surface area contributed by atoms with Gasteiger partial charge in [0, 0.05) is 5.02 Å². The molecule has 0 saturated heterocycles. The Morgan fingerprint density at radius 3 is 2.75 bits per heavy atom. The van der Waals surface area contributed by atoms with Gasteiger partial charge in [-0.2, -0.15) is 0 Å². The number of hydrogen-bond acceptors (Lipinski definition) is 5. The quantitative estimate of drug-likeness (QED) is 0.769. The topological polar surface area (TPSA) is 89.9 Å². The summed E-state index contributed by atoms with van der Waals surface area (Å²) in [4.78, 5) is 23.9. The molecule has 3 rings (SSSR count). The number of aliphatic carboxylic acids is 1. The van der Waals surface area contributed by atoms with E-state index in [0.29, 0.717) is 10.6 Å². The van der Waals surface area contributed by atoms with E-state index in [4.69, 9.17) is 30.3 Å². The van der Waals surface area contributed by atoms with E-state index in [-0.39, 0.29) is 22.7 Å². The number of benzene rings is 1. The van der Waals surface area contributed by atoms with Crippen molar-refractivity contribution in [1.29, 1.82) is 0 Å². The summed E-state index contributed by atoms with van der Waals surface area (Å²) in [6, 6.07) is 6.32. The first kappa shape index (κ1) is 16.1. The monoisotopic (exact) mass is 348 g/mol. The fraction of sp³-hybridized carbons (Fsp3) is 0.176. The molecule has 3 aromatic rings. The van der Waals surface area contributed by atoms with Crippen molar-refractivity contribution in [3.8, 4) is 17.3 Å². The molecule has 1 atom stereocenters. The number of hydrogen-bond donors (Lipinski definition) is 1. The lowest BCUT2D eigenvalue weighted by molar-refractivity contribution is -0.144. The van der Waals surface area contributed by atoms with Crippen LogP contribution in [0.1, 0.15) is 12.5 Å². The maximum absolute atomic E-state index is 12.8. The van der Waals surface area contributed by atoms with Crippen LogP contribution in [0.5, 0.6) is 5.75 Å². The summed E-state index contributed by atoms with van der Waals surface area (Å²) in [6.07, 6.45) is 0.178. The summed E-state index contributed by atoms with van der Waals surface area (Å²) in [5.41, 5.74) is 0.534. The van der Waals surface area contributed by atoms with Crippen LogP contribution in [0.15, 0.2) is 44.2 Å². The van der Waals surface area contributed by atoms with Crippen LogP contribution in [0.3, 0.4) is 0 Å². The number of carboxylic acids is 1. The number of carbonyl (C=O) groups is 1. The zero-order valence-electron chi connectivity index (χ0n) is 12.8. The van der Waals surface area contributed by atoms with Gasteiger partial charge >= 0.3 is 5.97 Å². The average Bonchev–Trinajstić information content (AvgIpc) is 3.06. The van der Waals surface area contributed by atoms with Gasteiger partial charge in [-0.15, -0.1) is 0 Å². The Labute approximate surface area is 141 Å². The number of ether oxygens (including phenoxy) is 1. The van der Waals surface area contributed by atoms with E-state index in [0.717, 1.165) is 5.56 Å². The molecular formula is C17H13ClO6. The zero-order valence-corrected chi connectivity index (χ0v) is 13.6. The van der Waals surface area contributed by atoms with Gasteiger partial charge in [-0.1, -0.05) is 11.6 Å². The van der Waals surface area contributed by atoms with Crippen LogP contribution in [-0.4, -0.2) is 17.2 Å². The molecule has 0 spiro atoms. The maximum Gasteiger partial charge on any atom is 0.344 e. The van der Waals surface area contributed by atoms with Crippen molar-refractivity contribution in [2.24, 2.45) is 0 Å². The van der Waals surface area contributed by atoms with Crippen molar-refractivity contribution in [2.45, 2.75) is 20.0 Å². The standard InChI is InChI=1S/C17H13ClO6/c1-8-6-13-10(7-11(8)18)14(19)16(23-9(2)17(20)21)15(24-13)12-4-3-5-22-12/h3-7,9H,1-2H3,(H,20,21). The van der Waals surface area contributed by atoms with Crippen LogP contribution in [0.25, 0.3) is 22.5 Å². The molecule has 0 aliphatic heterocycles. The van der Waals surface area contributed by atoms with Crippen LogP contribution >= 0.6 is 11.6 Å². The van der Waals surface area contributed by atoms with Gasteiger partial charge in [-0.25, -0.2) is 4.79 Å². The van der Waals surface area contributed by atoms with E-state index in [1.165, 1.54) is 19.3 Å². The molecule has 7 heteroatoms. The highest BCUT2D eigenvalue weighted by molar-refractivity contribution is 6.32. The van der Waals surface area contributed by atoms with Crippen LogP contribution < -0.4 is 10.2 Å². The Kier molecular flexibility index (Phi) is 4.07. The molecular weight excluding hydrogens is 336 g/mol. The van der Waals surface area contributed by atoms with Gasteiger partial charge < -0.3 is 18.7 Å². The second-order valence-electron chi connectivity index (χ2n) is 5.26. The third-order valence-electron chi connectivity index (χ3n) is 3.52. The van der Waals surface area contributed by atoms with Crippen molar-refractivity contribution in [3.05, 3.63) is 51.3 Å². The summed E-state index contributed by atoms with van der Waals surface area (Å²) in [5, 5.41) is 9.65. The van der Waals surface area contributed by atoms with Crippen molar-refractivity contribution in [1.82, 2.24) is 0 Å². The molecule has 0 bridgehead atoms. The smallest absolute Gasteiger partial charge is 0.344 e. The number of carboxylic acid groups (broad SMARTS) is 1. The highest BCUT2D eigenvalue weighted by Crippen LogP contribution is 2.33.